The molecule has 0 spiro atoms. The Morgan fingerprint density at radius 2 is 2.21 bits per heavy atom. The van der Waals surface area contributed by atoms with Gasteiger partial charge in [-0.2, -0.15) is 10.4 Å². The zero-order chi connectivity index (χ0) is 14.0. The lowest BCUT2D eigenvalue weighted by molar-refractivity contribution is 0.384. The molecule has 1 heterocycles. The Morgan fingerprint density at radius 1 is 1.53 bits per heavy atom. The summed E-state index contributed by atoms with van der Waals surface area (Å²) in [6.45, 7) is 6.69. The van der Waals surface area contributed by atoms with Gasteiger partial charge in [0.15, 0.2) is 0 Å². The molecule has 1 aromatic rings. The lowest BCUT2D eigenvalue weighted by Gasteiger charge is -2.23. The molecule has 5 heteroatoms. The maximum Gasteiger partial charge on any atom is 0.104 e. The first-order chi connectivity index (χ1) is 8.95. The number of aryl methyl sites for hydroxylation is 2. The number of nitrogens with zero attached hydrogens (tertiary/aromatic N) is 3. The molecule has 0 aromatic carbocycles. The van der Waals surface area contributed by atoms with E-state index in [0.29, 0.717) is 6.04 Å². The minimum atomic E-state index is -0.416. The molecule has 4 nitrogen and oxygen atoms in total. The molecule has 104 valence electrons. The van der Waals surface area contributed by atoms with Crippen LogP contribution in [0.3, 0.4) is 0 Å². The lowest BCUT2D eigenvalue weighted by Crippen LogP contribution is -2.42. The third-order valence-electron chi connectivity index (χ3n) is 3.69. The predicted octanol–water partition coefficient (Wildman–Crippen LogP) is 2.97. The summed E-state index contributed by atoms with van der Waals surface area (Å²) in [6, 6.07) is 2.95. The second-order valence-electron chi connectivity index (χ2n) is 5.67. The maximum absolute atomic E-state index is 9.31. The highest BCUT2D eigenvalue weighted by molar-refractivity contribution is 6.31. The van der Waals surface area contributed by atoms with Crippen molar-refractivity contribution in [1.29, 1.82) is 5.26 Å². The maximum atomic E-state index is 9.31. The van der Waals surface area contributed by atoms with Crippen molar-refractivity contribution in [2.24, 2.45) is 0 Å². The molecule has 1 aliphatic rings. The normalized spacial score (nSPS) is 18.1. The first-order valence-corrected chi connectivity index (χ1v) is 7.21. The molecule has 1 N–H and O–H groups in total. The smallest absolute Gasteiger partial charge is 0.104 e. The van der Waals surface area contributed by atoms with Crippen molar-refractivity contribution in [3.8, 4) is 6.07 Å². The summed E-state index contributed by atoms with van der Waals surface area (Å²) in [7, 11) is 0. The Kier molecular flexibility index (Phi) is 4.17. The molecule has 1 atom stereocenters. The average molecular weight is 281 g/mol. The number of hydrogen-bond donors (Lipinski definition) is 1. The number of aromatic nitrogens is 2. The summed E-state index contributed by atoms with van der Waals surface area (Å²) in [6.07, 6.45) is 4.15. The van der Waals surface area contributed by atoms with E-state index in [9.17, 15) is 5.26 Å². The van der Waals surface area contributed by atoms with E-state index in [-0.39, 0.29) is 0 Å². The van der Waals surface area contributed by atoms with Crippen molar-refractivity contribution in [3.63, 3.8) is 0 Å². The van der Waals surface area contributed by atoms with Crippen molar-refractivity contribution >= 4 is 11.6 Å². The quantitative estimate of drug-likeness (QED) is 0.872. The zero-order valence-corrected chi connectivity index (χ0v) is 12.6. The van der Waals surface area contributed by atoms with Crippen LogP contribution in [0.5, 0.6) is 0 Å². The fourth-order valence-electron chi connectivity index (χ4n) is 2.31. The fourth-order valence-corrected chi connectivity index (χ4v) is 2.45. The van der Waals surface area contributed by atoms with Gasteiger partial charge in [-0.1, -0.05) is 11.6 Å². The molecule has 0 amide bonds. The van der Waals surface area contributed by atoms with Gasteiger partial charge >= 0.3 is 0 Å². The van der Waals surface area contributed by atoms with Crippen molar-refractivity contribution in [1.82, 2.24) is 15.1 Å². The van der Waals surface area contributed by atoms with E-state index < -0.39 is 5.54 Å². The van der Waals surface area contributed by atoms with Gasteiger partial charge in [0.1, 0.15) is 5.54 Å². The molecule has 1 aromatic heterocycles. The molecule has 0 bridgehead atoms. The molecule has 0 radical (unpaired) electrons. The summed E-state index contributed by atoms with van der Waals surface area (Å²) in [4.78, 5) is 0. The van der Waals surface area contributed by atoms with Gasteiger partial charge in [-0.05, 0) is 46.5 Å². The first-order valence-electron chi connectivity index (χ1n) is 6.83. The third kappa shape index (κ3) is 3.49. The highest BCUT2D eigenvalue weighted by Crippen LogP contribution is 2.25. The van der Waals surface area contributed by atoms with Crippen molar-refractivity contribution < 1.29 is 0 Å². The average Bonchev–Trinajstić information content (AvgIpc) is 3.15. The highest BCUT2D eigenvalue weighted by Gasteiger charge is 2.32. The molecule has 1 saturated carbocycles. The van der Waals surface area contributed by atoms with Crippen LogP contribution < -0.4 is 5.32 Å². The minimum Gasteiger partial charge on any atom is -0.297 e. The van der Waals surface area contributed by atoms with Gasteiger partial charge in [-0.25, -0.2) is 0 Å². The molecule has 2 rings (SSSR count). The topological polar surface area (TPSA) is 53.6 Å². The Hall–Kier alpha value is -1.05. The number of nitriles is 1. The van der Waals surface area contributed by atoms with E-state index in [0.717, 1.165) is 35.8 Å². The number of nitrogens with one attached hydrogen (secondary N) is 1. The van der Waals surface area contributed by atoms with Gasteiger partial charge in [0.05, 0.1) is 22.5 Å². The van der Waals surface area contributed by atoms with E-state index >= 15 is 0 Å². The Labute approximate surface area is 119 Å². The second kappa shape index (κ2) is 5.52. The monoisotopic (exact) mass is 280 g/mol. The predicted molar refractivity (Wildman–Crippen MR) is 76.1 cm³/mol. The van der Waals surface area contributed by atoms with E-state index in [1.165, 1.54) is 12.8 Å². The summed E-state index contributed by atoms with van der Waals surface area (Å²) in [5.74, 6) is 0. The van der Waals surface area contributed by atoms with Crippen LogP contribution in [0, 0.1) is 25.2 Å². The summed E-state index contributed by atoms with van der Waals surface area (Å²) < 4.78 is 1.94. The van der Waals surface area contributed by atoms with Crippen molar-refractivity contribution in [2.75, 3.05) is 0 Å². The van der Waals surface area contributed by atoms with Gasteiger partial charge < -0.3 is 0 Å². The van der Waals surface area contributed by atoms with Crippen molar-refractivity contribution in [3.05, 3.63) is 16.4 Å². The van der Waals surface area contributed by atoms with E-state index in [1.807, 2.05) is 25.5 Å². The van der Waals surface area contributed by atoms with Gasteiger partial charge in [-0.3, -0.25) is 10.00 Å². The van der Waals surface area contributed by atoms with E-state index in [1.54, 1.807) is 0 Å². The molecule has 1 unspecified atom stereocenters. The number of halogens is 1. The number of rotatable bonds is 6. The number of hydrogen-bond acceptors (Lipinski definition) is 3. The molecular formula is C14H21ClN4. The van der Waals surface area contributed by atoms with Crippen molar-refractivity contribution in [2.45, 2.75) is 64.6 Å². The molecule has 1 aliphatic carbocycles. The van der Waals surface area contributed by atoms with Crippen LogP contribution in [-0.2, 0) is 6.54 Å². The molecular weight excluding hydrogens is 260 g/mol. The van der Waals surface area contributed by atoms with Gasteiger partial charge in [-0.15, -0.1) is 0 Å². The van der Waals surface area contributed by atoms with E-state index in [4.69, 9.17) is 11.6 Å². The Morgan fingerprint density at radius 3 is 2.68 bits per heavy atom. The van der Waals surface area contributed by atoms with Gasteiger partial charge in [0.25, 0.3) is 0 Å². The summed E-state index contributed by atoms with van der Waals surface area (Å²) >= 11 is 6.12. The van der Waals surface area contributed by atoms with Crippen LogP contribution in [0.4, 0.5) is 0 Å². The molecule has 19 heavy (non-hydrogen) atoms. The highest BCUT2D eigenvalue weighted by atomic mass is 35.5. The molecule has 1 fully saturated rings. The van der Waals surface area contributed by atoms with Crippen LogP contribution in [-0.4, -0.2) is 21.4 Å². The fraction of sp³-hybridized carbons (Fsp3) is 0.714. The van der Waals surface area contributed by atoms with Crippen LogP contribution in [0.2, 0.25) is 5.02 Å². The van der Waals surface area contributed by atoms with Crippen LogP contribution in [0.1, 0.15) is 44.0 Å². The summed E-state index contributed by atoms with van der Waals surface area (Å²) in [5.41, 5.74) is 1.47. The molecule has 0 saturated heterocycles. The van der Waals surface area contributed by atoms with Gasteiger partial charge in [0.2, 0.25) is 0 Å². The Bertz CT molecular complexity index is 498. The van der Waals surface area contributed by atoms with Crippen LogP contribution in [0.15, 0.2) is 0 Å². The van der Waals surface area contributed by atoms with Crippen LogP contribution in [0.25, 0.3) is 0 Å². The largest absolute Gasteiger partial charge is 0.297 e. The van der Waals surface area contributed by atoms with E-state index in [2.05, 4.69) is 16.5 Å². The SMILES string of the molecule is Cc1nn(CCCC(C)(C#N)NC2CC2)c(C)c1Cl. The van der Waals surface area contributed by atoms with Crippen LogP contribution >= 0.6 is 11.6 Å². The lowest BCUT2D eigenvalue weighted by atomic mass is 9.97. The first kappa shape index (κ1) is 14.4. The minimum absolute atomic E-state index is 0.416. The zero-order valence-electron chi connectivity index (χ0n) is 11.8. The Balaban J connectivity index is 1.88. The molecule has 0 aliphatic heterocycles. The standard InChI is InChI=1S/C14H21ClN4/c1-10-13(15)11(2)19(18-10)8-4-7-14(3,9-16)17-12-5-6-12/h12,17H,4-8H2,1-3H3. The summed E-state index contributed by atoms with van der Waals surface area (Å²) in [5, 5.41) is 17.9. The van der Waals surface area contributed by atoms with Gasteiger partial charge in [0, 0.05) is 12.6 Å². The second-order valence-corrected chi connectivity index (χ2v) is 6.05. The third-order valence-corrected chi connectivity index (χ3v) is 4.23.